The van der Waals surface area contributed by atoms with Crippen molar-refractivity contribution in [1.82, 2.24) is 4.31 Å². The monoisotopic (exact) mass is 369 g/mol. The third kappa shape index (κ3) is 3.93. The number of carbonyl (C=O) groups excluding carboxylic acids is 1. The molecule has 1 fully saturated rings. The first-order valence-electron chi connectivity index (χ1n) is 8.37. The molecular formula is C19H19N3O3S. The topological polar surface area (TPSA) is 90.3 Å². The number of nitrogens with zero attached hydrogens (tertiary/aromatic N) is 2. The lowest BCUT2D eigenvalue weighted by Gasteiger charge is -2.31. The van der Waals surface area contributed by atoms with E-state index in [9.17, 15) is 13.2 Å². The third-order valence-electron chi connectivity index (χ3n) is 4.40. The van der Waals surface area contributed by atoms with Crippen LogP contribution in [0, 0.1) is 17.2 Å². The average Bonchev–Trinajstić information content (AvgIpc) is 2.69. The first-order valence-corrected chi connectivity index (χ1v) is 9.81. The molecule has 1 heterocycles. The summed E-state index contributed by atoms with van der Waals surface area (Å²) in [7, 11) is -3.73. The molecule has 1 atom stereocenters. The van der Waals surface area contributed by atoms with Gasteiger partial charge >= 0.3 is 0 Å². The van der Waals surface area contributed by atoms with Gasteiger partial charge in [0.1, 0.15) is 0 Å². The summed E-state index contributed by atoms with van der Waals surface area (Å²) in [5.74, 6) is -0.584. The largest absolute Gasteiger partial charge is 0.326 e. The van der Waals surface area contributed by atoms with Crippen LogP contribution in [-0.4, -0.2) is 31.7 Å². The van der Waals surface area contributed by atoms with Crippen molar-refractivity contribution in [2.24, 2.45) is 5.92 Å². The Morgan fingerprint density at radius 2 is 1.92 bits per heavy atom. The van der Waals surface area contributed by atoms with Crippen LogP contribution < -0.4 is 5.32 Å². The van der Waals surface area contributed by atoms with E-state index in [4.69, 9.17) is 5.26 Å². The lowest BCUT2D eigenvalue weighted by Crippen LogP contribution is -2.43. The van der Waals surface area contributed by atoms with Gasteiger partial charge in [0.05, 0.1) is 22.4 Å². The zero-order chi connectivity index (χ0) is 18.6. The summed E-state index contributed by atoms with van der Waals surface area (Å²) >= 11 is 0. The van der Waals surface area contributed by atoms with E-state index in [1.807, 2.05) is 24.3 Å². The fourth-order valence-corrected chi connectivity index (χ4v) is 4.59. The minimum Gasteiger partial charge on any atom is -0.326 e. The molecule has 0 aliphatic carbocycles. The normalized spacial score (nSPS) is 18.0. The Balaban J connectivity index is 1.75. The Kier molecular flexibility index (Phi) is 5.35. The smallest absolute Gasteiger partial charge is 0.243 e. The summed E-state index contributed by atoms with van der Waals surface area (Å²) in [4.78, 5) is 12.6. The number of hydrogen-bond acceptors (Lipinski definition) is 4. The molecule has 1 N–H and O–H groups in total. The van der Waals surface area contributed by atoms with Crippen molar-refractivity contribution in [2.45, 2.75) is 17.7 Å². The summed E-state index contributed by atoms with van der Waals surface area (Å²) in [6.07, 6.45) is 1.26. The second-order valence-electron chi connectivity index (χ2n) is 6.20. The van der Waals surface area contributed by atoms with Crippen molar-refractivity contribution in [3.05, 3.63) is 60.2 Å². The Hall–Kier alpha value is -2.69. The second-order valence-corrected chi connectivity index (χ2v) is 8.14. The van der Waals surface area contributed by atoms with Gasteiger partial charge in [0, 0.05) is 18.8 Å². The quantitative estimate of drug-likeness (QED) is 0.897. The van der Waals surface area contributed by atoms with Crippen LogP contribution in [-0.2, 0) is 14.8 Å². The minimum atomic E-state index is -3.73. The zero-order valence-corrected chi connectivity index (χ0v) is 14.9. The number of nitrogens with one attached hydrogen (secondary N) is 1. The lowest BCUT2D eigenvalue weighted by atomic mass is 9.99. The van der Waals surface area contributed by atoms with Gasteiger partial charge in [0.15, 0.2) is 0 Å². The number of anilines is 1. The SMILES string of the molecule is N#Cc1cccc(S(=O)(=O)N2CCCC(C(=O)Nc3ccccc3)C2)c1. The molecule has 1 saturated heterocycles. The summed E-state index contributed by atoms with van der Waals surface area (Å²) < 4.78 is 27.1. The number of benzene rings is 2. The average molecular weight is 369 g/mol. The minimum absolute atomic E-state index is 0.0840. The maximum Gasteiger partial charge on any atom is 0.243 e. The van der Waals surface area contributed by atoms with Crippen molar-refractivity contribution in [2.75, 3.05) is 18.4 Å². The summed E-state index contributed by atoms with van der Waals surface area (Å²) in [5, 5.41) is 11.8. The predicted octanol–water partition coefficient (Wildman–Crippen LogP) is 2.60. The maximum atomic E-state index is 12.9. The number of nitriles is 1. The van der Waals surface area contributed by atoms with Crippen LogP contribution in [0.25, 0.3) is 0 Å². The van der Waals surface area contributed by atoms with E-state index in [0.29, 0.717) is 30.6 Å². The van der Waals surface area contributed by atoms with Gasteiger partial charge in [0.25, 0.3) is 0 Å². The highest BCUT2D eigenvalue weighted by Crippen LogP contribution is 2.25. The molecule has 1 aliphatic heterocycles. The molecule has 6 nitrogen and oxygen atoms in total. The van der Waals surface area contributed by atoms with E-state index in [1.54, 1.807) is 24.3 Å². The number of para-hydroxylation sites is 1. The highest BCUT2D eigenvalue weighted by Gasteiger charge is 2.33. The van der Waals surface area contributed by atoms with Crippen LogP contribution >= 0.6 is 0 Å². The number of carbonyl (C=O) groups is 1. The van der Waals surface area contributed by atoms with Crippen LogP contribution in [0.1, 0.15) is 18.4 Å². The zero-order valence-electron chi connectivity index (χ0n) is 14.1. The molecule has 0 radical (unpaired) electrons. The standard InChI is InChI=1S/C19H19N3O3S/c20-13-15-6-4-10-18(12-15)26(24,25)22-11-5-7-16(14-22)19(23)21-17-8-2-1-3-9-17/h1-4,6,8-10,12,16H,5,7,11,14H2,(H,21,23). The van der Waals surface area contributed by atoms with Crippen molar-refractivity contribution in [1.29, 1.82) is 5.26 Å². The Morgan fingerprint density at radius 1 is 1.15 bits per heavy atom. The maximum absolute atomic E-state index is 12.9. The molecular weight excluding hydrogens is 350 g/mol. The van der Waals surface area contributed by atoms with Crippen LogP contribution in [0.3, 0.4) is 0 Å². The van der Waals surface area contributed by atoms with Crippen LogP contribution in [0.2, 0.25) is 0 Å². The van der Waals surface area contributed by atoms with Gasteiger partial charge in [-0.05, 0) is 43.2 Å². The van der Waals surface area contributed by atoms with Crippen molar-refractivity contribution in [3.63, 3.8) is 0 Å². The molecule has 26 heavy (non-hydrogen) atoms. The number of sulfonamides is 1. The van der Waals surface area contributed by atoms with Gasteiger partial charge in [-0.25, -0.2) is 8.42 Å². The van der Waals surface area contributed by atoms with Gasteiger partial charge < -0.3 is 5.32 Å². The van der Waals surface area contributed by atoms with Gasteiger partial charge in [-0.1, -0.05) is 24.3 Å². The Bertz CT molecular complexity index is 936. The first-order chi connectivity index (χ1) is 12.5. The van der Waals surface area contributed by atoms with Crippen LogP contribution in [0.4, 0.5) is 5.69 Å². The molecule has 1 aliphatic rings. The first kappa shape index (κ1) is 18.1. The van der Waals surface area contributed by atoms with Crippen LogP contribution in [0.15, 0.2) is 59.5 Å². The molecule has 1 unspecified atom stereocenters. The molecule has 0 bridgehead atoms. The molecule has 134 valence electrons. The second kappa shape index (κ2) is 7.68. The number of amides is 1. The van der Waals surface area contributed by atoms with E-state index in [-0.39, 0.29) is 17.3 Å². The van der Waals surface area contributed by atoms with Crippen molar-refractivity contribution >= 4 is 21.6 Å². The third-order valence-corrected chi connectivity index (χ3v) is 6.26. The van der Waals surface area contributed by atoms with E-state index < -0.39 is 15.9 Å². The number of piperidine rings is 1. The molecule has 0 aromatic heterocycles. The fourth-order valence-electron chi connectivity index (χ4n) is 3.02. The summed E-state index contributed by atoms with van der Waals surface area (Å²) in [6.45, 7) is 0.506. The molecule has 2 aromatic carbocycles. The molecule has 2 aromatic rings. The van der Waals surface area contributed by atoms with Gasteiger partial charge in [-0.3, -0.25) is 4.79 Å². The summed E-state index contributed by atoms with van der Waals surface area (Å²) in [5.41, 5.74) is 0.987. The molecule has 7 heteroatoms. The van der Waals surface area contributed by atoms with Crippen LogP contribution in [0.5, 0.6) is 0 Å². The number of hydrogen-bond donors (Lipinski definition) is 1. The summed E-state index contributed by atoms with van der Waals surface area (Å²) in [6, 6.07) is 17.0. The Labute approximate surface area is 153 Å². The van der Waals surface area contributed by atoms with Gasteiger partial charge in [0.2, 0.25) is 15.9 Å². The molecule has 1 amide bonds. The van der Waals surface area contributed by atoms with E-state index in [0.717, 1.165) is 0 Å². The number of rotatable bonds is 4. The highest BCUT2D eigenvalue weighted by atomic mass is 32.2. The van der Waals surface area contributed by atoms with E-state index in [1.165, 1.54) is 16.4 Å². The van der Waals surface area contributed by atoms with Crippen molar-refractivity contribution in [3.8, 4) is 6.07 Å². The Morgan fingerprint density at radius 3 is 2.65 bits per heavy atom. The molecule has 0 saturated carbocycles. The fraction of sp³-hybridized carbons (Fsp3) is 0.263. The lowest BCUT2D eigenvalue weighted by molar-refractivity contribution is -0.120. The molecule has 3 rings (SSSR count). The van der Waals surface area contributed by atoms with E-state index >= 15 is 0 Å². The van der Waals surface area contributed by atoms with Gasteiger partial charge in [-0.2, -0.15) is 9.57 Å². The highest BCUT2D eigenvalue weighted by molar-refractivity contribution is 7.89. The van der Waals surface area contributed by atoms with Crippen molar-refractivity contribution < 1.29 is 13.2 Å². The molecule has 0 spiro atoms. The van der Waals surface area contributed by atoms with Gasteiger partial charge in [-0.15, -0.1) is 0 Å². The van der Waals surface area contributed by atoms with E-state index in [2.05, 4.69) is 5.32 Å². The predicted molar refractivity (Wildman–Crippen MR) is 97.7 cm³/mol.